The van der Waals surface area contributed by atoms with Gasteiger partial charge in [-0.1, -0.05) is 59.7 Å². The first kappa shape index (κ1) is 15.0. The van der Waals surface area contributed by atoms with Gasteiger partial charge in [0.05, 0.1) is 5.56 Å². The van der Waals surface area contributed by atoms with Crippen LogP contribution in [-0.2, 0) is 0 Å². The Morgan fingerprint density at radius 1 is 0.913 bits per heavy atom. The van der Waals surface area contributed by atoms with Crippen LogP contribution in [0.5, 0.6) is 0 Å². The second-order valence-electron chi connectivity index (χ2n) is 5.57. The van der Waals surface area contributed by atoms with Gasteiger partial charge < -0.3 is 4.42 Å². The van der Waals surface area contributed by atoms with Gasteiger partial charge in [0.15, 0.2) is 17.8 Å². The van der Waals surface area contributed by atoms with Crippen LogP contribution in [0.2, 0.25) is 0 Å². The molecule has 3 heteroatoms. The van der Waals surface area contributed by atoms with E-state index in [9.17, 15) is 9.59 Å². The maximum atomic E-state index is 12.8. The summed E-state index contributed by atoms with van der Waals surface area (Å²) in [6, 6.07) is 16.5. The molecule has 1 heterocycles. The lowest BCUT2D eigenvalue weighted by Gasteiger charge is -2.04. The lowest BCUT2D eigenvalue weighted by atomic mass is 9.99. The van der Waals surface area contributed by atoms with Crippen LogP contribution < -0.4 is 0 Å². The second-order valence-corrected chi connectivity index (χ2v) is 5.57. The smallest absolute Gasteiger partial charge is 0.196 e. The highest BCUT2D eigenvalue weighted by atomic mass is 16.3. The number of aldehydes is 1. The molecule has 0 radical (unpaired) electrons. The summed E-state index contributed by atoms with van der Waals surface area (Å²) in [5.74, 6) is 0.422. The fourth-order valence-corrected chi connectivity index (χ4v) is 2.42. The topological polar surface area (TPSA) is 47.3 Å². The molecule has 0 fully saturated rings. The van der Waals surface area contributed by atoms with E-state index >= 15 is 0 Å². The van der Waals surface area contributed by atoms with E-state index in [0.29, 0.717) is 23.2 Å². The molecular formula is C20H16O3. The Morgan fingerprint density at radius 2 is 1.48 bits per heavy atom. The summed E-state index contributed by atoms with van der Waals surface area (Å²) in [6.07, 6.45) is 0.615. The van der Waals surface area contributed by atoms with Crippen molar-refractivity contribution in [3.8, 4) is 11.3 Å². The predicted molar refractivity (Wildman–Crippen MR) is 88.9 cm³/mol. The molecule has 0 aliphatic rings. The lowest BCUT2D eigenvalue weighted by molar-refractivity contribution is 0.103. The van der Waals surface area contributed by atoms with Crippen LogP contribution in [0.3, 0.4) is 0 Å². The Labute approximate surface area is 134 Å². The summed E-state index contributed by atoms with van der Waals surface area (Å²) in [4.78, 5) is 23.8. The number of benzene rings is 2. The minimum Gasteiger partial charge on any atom is -0.452 e. The molecule has 0 N–H and O–H groups in total. The summed E-state index contributed by atoms with van der Waals surface area (Å²) in [5.41, 5.74) is 3.95. The number of aryl methyl sites for hydroxylation is 2. The van der Waals surface area contributed by atoms with Crippen LogP contribution >= 0.6 is 0 Å². The van der Waals surface area contributed by atoms with Crippen molar-refractivity contribution < 1.29 is 14.0 Å². The van der Waals surface area contributed by atoms with E-state index in [-0.39, 0.29) is 11.5 Å². The van der Waals surface area contributed by atoms with Crippen LogP contribution in [0.15, 0.2) is 59.0 Å². The van der Waals surface area contributed by atoms with Crippen LogP contribution in [0.25, 0.3) is 11.3 Å². The third-order valence-corrected chi connectivity index (χ3v) is 3.74. The molecular weight excluding hydrogens is 288 g/mol. The van der Waals surface area contributed by atoms with E-state index in [2.05, 4.69) is 0 Å². The average molecular weight is 304 g/mol. The zero-order valence-corrected chi connectivity index (χ0v) is 13.0. The number of rotatable bonds is 4. The summed E-state index contributed by atoms with van der Waals surface area (Å²) >= 11 is 0. The normalized spacial score (nSPS) is 10.5. The zero-order chi connectivity index (χ0) is 16.4. The van der Waals surface area contributed by atoms with Gasteiger partial charge in [0, 0.05) is 11.1 Å². The minimum atomic E-state index is -0.155. The quantitative estimate of drug-likeness (QED) is 0.522. The molecule has 0 atom stereocenters. The molecule has 0 unspecified atom stereocenters. The van der Waals surface area contributed by atoms with Crippen LogP contribution in [0, 0.1) is 13.8 Å². The Kier molecular flexibility index (Phi) is 3.94. The fourth-order valence-electron chi connectivity index (χ4n) is 2.42. The molecule has 3 rings (SSSR count). The molecule has 3 aromatic rings. The zero-order valence-electron chi connectivity index (χ0n) is 13.0. The fraction of sp³-hybridized carbons (Fsp3) is 0.100. The molecule has 0 saturated carbocycles. The molecule has 0 aliphatic heterocycles. The van der Waals surface area contributed by atoms with Gasteiger partial charge in [-0.15, -0.1) is 0 Å². The van der Waals surface area contributed by atoms with Crippen LogP contribution in [0.1, 0.15) is 37.6 Å². The average Bonchev–Trinajstić information content (AvgIpc) is 3.00. The van der Waals surface area contributed by atoms with Crippen LogP contribution in [-0.4, -0.2) is 12.1 Å². The summed E-state index contributed by atoms with van der Waals surface area (Å²) in [5, 5.41) is 0. The number of hydrogen-bond donors (Lipinski definition) is 0. The molecule has 0 bridgehead atoms. The highest BCUT2D eigenvalue weighted by molar-refractivity contribution is 6.12. The van der Waals surface area contributed by atoms with Crippen molar-refractivity contribution in [1.29, 1.82) is 0 Å². The van der Waals surface area contributed by atoms with E-state index in [0.717, 1.165) is 16.7 Å². The van der Waals surface area contributed by atoms with E-state index in [1.54, 1.807) is 12.1 Å². The first-order chi connectivity index (χ1) is 11.1. The monoisotopic (exact) mass is 304 g/mol. The Balaban J connectivity index is 2.09. The second kappa shape index (κ2) is 6.05. The van der Waals surface area contributed by atoms with Gasteiger partial charge in [0.2, 0.25) is 0 Å². The number of ketones is 1. The number of furan rings is 1. The molecule has 0 spiro atoms. The van der Waals surface area contributed by atoms with Crippen LogP contribution in [0.4, 0.5) is 0 Å². The molecule has 0 saturated heterocycles. The molecule has 23 heavy (non-hydrogen) atoms. The van der Waals surface area contributed by atoms with E-state index in [4.69, 9.17) is 4.42 Å². The molecule has 3 nitrogen and oxygen atoms in total. The van der Waals surface area contributed by atoms with Crippen molar-refractivity contribution in [2.24, 2.45) is 0 Å². The molecule has 2 aromatic carbocycles. The maximum Gasteiger partial charge on any atom is 0.196 e. The van der Waals surface area contributed by atoms with Gasteiger partial charge in [-0.25, -0.2) is 0 Å². The Morgan fingerprint density at radius 3 is 2.04 bits per heavy atom. The first-order valence-corrected chi connectivity index (χ1v) is 7.36. The van der Waals surface area contributed by atoms with E-state index in [1.807, 2.05) is 50.2 Å². The third kappa shape index (κ3) is 2.99. The molecule has 114 valence electrons. The minimum absolute atomic E-state index is 0.149. The van der Waals surface area contributed by atoms with Crippen molar-refractivity contribution in [3.05, 3.63) is 82.6 Å². The van der Waals surface area contributed by atoms with Gasteiger partial charge in [-0.3, -0.25) is 9.59 Å². The highest BCUT2D eigenvalue weighted by Gasteiger charge is 2.20. The van der Waals surface area contributed by atoms with Gasteiger partial charge in [0.25, 0.3) is 0 Å². The molecule has 1 aromatic heterocycles. The van der Waals surface area contributed by atoms with Crippen molar-refractivity contribution in [3.63, 3.8) is 0 Å². The van der Waals surface area contributed by atoms with E-state index in [1.165, 1.54) is 6.07 Å². The van der Waals surface area contributed by atoms with Gasteiger partial charge in [0.1, 0.15) is 5.76 Å². The van der Waals surface area contributed by atoms with Crippen molar-refractivity contribution in [1.82, 2.24) is 0 Å². The van der Waals surface area contributed by atoms with Gasteiger partial charge in [-0.2, -0.15) is 0 Å². The van der Waals surface area contributed by atoms with Crippen molar-refractivity contribution in [2.45, 2.75) is 13.8 Å². The SMILES string of the molecule is Cc1ccc(C(=O)c2cc(C=O)oc2-c2ccc(C)cc2)cc1. The van der Waals surface area contributed by atoms with E-state index < -0.39 is 0 Å². The summed E-state index contributed by atoms with van der Waals surface area (Å²) < 4.78 is 5.57. The summed E-state index contributed by atoms with van der Waals surface area (Å²) in [6.45, 7) is 3.95. The predicted octanol–water partition coefficient (Wildman–Crippen LogP) is 4.61. The summed E-state index contributed by atoms with van der Waals surface area (Å²) in [7, 11) is 0. The Hall–Kier alpha value is -2.94. The maximum absolute atomic E-state index is 12.8. The molecule has 0 amide bonds. The largest absolute Gasteiger partial charge is 0.452 e. The first-order valence-electron chi connectivity index (χ1n) is 7.36. The van der Waals surface area contributed by atoms with Gasteiger partial charge in [-0.05, 0) is 19.9 Å². The number of carbonyl (C=O) groups excluding carboxylic acids is 2. The Bertz CT molecular complexity index is 853. The molecule has 0 aliphatic carbocycles. The lowest BCUT2D eigenvalue weighted by Crippen LogP contribution is -2.01. The third-order valence-electron chi connectivity index (χ3n) is 3.74. The number of carbonyl (C=O) groups is 2. The van der Waals surface area contributed by atoms with Gasteiger partial charge >= 0.3 is 0 Å². The number of hydrogen-bond acceptors (Lipinski definition) is 3. The van der Waals surface area contributed by atoms with Crippen molar-refractivity contribution in [2.75, 3.05) is 0 Å². The van der Waals surface area contributed by atoms with Crippen molar-refractivity contribution >= 4 is 12.1 Å². The highest BCUT2D eigenvalue weighted by Crippen LogP contribution is 2.29. The standard InChI is InChI=1S/C20H16O3/c1-13-3-7-15(8-4-13)19(22)18-11-17(12-21)23-20(18)16-9-5-14(2)6-10-16/h3-12H,1-2H3.